The van der Waals surface area contributed by atoms with Gasteiger partial charge in [-0.25, -0.2) is 0 Å². The number of halogens is 6. The van der Waals surface area contributed by atoms with Crippen LogP contribution in [0.4, 0.5) is 5.69 Å². The molecule has 1 unspecified atom stereocenters. The van der Waals surface area contributed by atoms with Crippen LogP contribution in [-0.2, 0) is 4.79 Å². The molecule has 0 aromatic heterocycles. The van der Waals surface area contributed by atoms with Crippen molar-refractivity contribution in [2.45, 2.75) is 9.96 Å². The molecule has 3 N–H and O–H groups in total. The van der Waals surface area contributed by atoms with E-state index in [1.807, 2.05) is 0 Å². The number of amides is 1. The van der Waals surface area contributed by atoms with Crippen molar-refractivity contribution in [1.29, 1.82) is 0 Å². The summed E-state index contributed by atoms with van der Waals surface area (Å²) in [6.07, 6.45) is -1.10. The predicted molar refractivity (Wildman–Crippen MR) is 98.8 cm³/mol. The van der Waals surface area contributed by atoms with Gasteiger partial charge in [0.15, 0.2) is 5.11 Å². The number of carbonyl (C=O) groups excluding carboxylic acids is 1. The fourth-order valence-electron chi connectivity index (χ4n) is 1.28. The Morgan fingerprint density at radius 1 is 1.23 bits per heavy atom. The van der Waals surface area contributed by atoms with Gasteiger partial charge in [-0.1, -0.05) is 58.0 Å². The summed E-state index contributed by atoms with van der Waals surface area (Å²) >= 11 is 39.7. The first-order valence-corrected chi connectivity index (χ1v) is 8.41. The summed E-state index contributed by atoms with van der Waals surface area (Å²) in [4.78, 5) is 11.3. The Kier molecular flexibility index (Phi) is 8.09. The largest absolute Gasteiger partial charge is 0.339 e. The Bertz CT molecular complexity index is 565. The third-order valence-electron chi connectivity index (χ3n) is 2.21. The van der Waals surface area contributed by atoms with Crippen LogP contribution >= 0.6 is 81.8 Å². The molecule has 0 fully saturated rings. The van der Waals surface area contributed by atoms with Crippen molar-refractivity contribution in [3.63, 3.8) is 0 Å². The lowest BCUT2D eigenvalue weighted by Gasteiger charge is -2.27. The highest BCUT2D eigenvalue weighted by Crippen LogP contribution is 2.29. The average molecular weight is 444 g/mol. The van der Waals surface area contributed by atoms with Crippen LogP contribution in [0.5, 0.6) is 0 Å². The second-order valence-electron chi connectivity index (χ2n) is 3.90. The molecule has 0 spiro atoms. The van der Waals surface area contributed by atoms with Crippen LogP contribution in [0.2, 0.25) is 10.0 Å². The molecule has 1 rings (SSSR count). The van der Waals surface area contributed by atoms with E-state index < -0.39 is 15.9 Å². The number of thiocarbonyl (C=S) groups is 1. The van der Waals surface area contributed by atoms with E-state index in [0.717, 1.165) is 0 Å². The minimum atomic E-state index is -1.86. The number of rotatable bonds is 4. The highest BCUT2D eigenvalue weighted by atomic mass is 35.6. The first-order chi connectivity index (χ1) is 10.1. The maximum Gasteiger partial charge on any atom is 0.236 e. The summed E-state index contributed by atoms with van der Waals surface area (Å²) in [6.45, 7) is 0. The zero-order chi connectivity index (χ0) is 16.9. The van der Waals surface area contributed by atoms with Gasteiger partial charge < -0.3 is 16.0 Å². The van der Waals surface area contributed by atoms with Gasteiger partial charge in [0.2, 0.25) is 9.70 Å². The number of benzene rings is 1. The number of nitrogens with one attached hydrogen (secondary N) is 3. The average Bonchev–Trinajstić information content (AvgIpc) is 2.41. The molecular weight excluding hydrogens is 435 g/mol. The fourth-order valence-corrected chi connectivity index (χ4v) is 2.25. The van der Waals surface area contributed by atoms with E-state index in [9.17, 15) is 4.79 Å². The fraction of sp³-hybridized carbons (Fsp3) is 0.273. The molecule has 0 aliphatic carbocycles. The zero-order valence-corrected chi connectivity index (χ0v) is 16.0. The van der Waals surface area contributed by atoms with Gasteiger partial charge in [-0.05, 0) is 30.4 Å². The van der Waals surface area contributed by atoms with Crippen molar-refractivity contribution in [3.8, 4) is 0 Å². The van der Waals surface area contributed by atoms with Crippen molar-refractivity contribution in [2.75, 3.05) is 11.2 Å². The molecule has 0 aliphatic rings. The topological polar surface area (TPSA) is 53.2 Å². The van der Waals surface area contributed by atoms with Gasteiger partial charge >= 0.3 is 0 Å². The Labute approximate surface area is 162 Å². The first kappa shape index (κ1) is 20.2. The highest BCUT2D eigenvalue weighted by Gasteiger charge is 2.34. The molecule has 22 heavy (non-hydrogen) atoms. The third-order valence-corrected chi connectivity index (χ3v) is 3.89. The summed E-state index contributed by atoms with van der Waals surface area (Å²) in [7, 11) is 0. The van der Waals surface area contributed by atoms with Crippen molar-refractivity contribution in [2.24, 2.45) is 0 Å². The smallest absolute Gasteiger partial charge is 0.236 e. The molecule has 1 aromatic rings. The molecular formula is C11H9Cl6N3OS. The molecule has 1 atom stereocenters. The van der Waals surface area contributed by atoms with Gasteiger partial charge in [0.05, 0.1) is 10.7 Å². The molecule has 1 aromatic carbocycles. The zero-order valence-electron chi connectivity index (χ0n) is 10.6. The number of alkyl halides is 4. The van der Waals surface area contributed by atoms with Crippen LogP contribution < -0.4 is 16.0 Å². The van der Waals surface area contributed by atoms with Crippen molar-refractivity contribution in [3.05, 3.63) is 28.2 Å². The van der Waals surface area contributed by atoms with E-state index in [2.05, 4.69) is 16.0 Å². The van der Waals surface area contributed by atoms with Crippen LogP contribution in [0.1, 0.15) is 0 Å². The van der Waals surface area contributed by atoms with E-state index in [-0.39, 0.29) is 11.0 Å². The lowest BCUT2D eigenvalue weighted by atomic mass is 10.3. The second kappa shape index (κ2) is 8.83. The number of hydrogen-bond acceptors (Lipinski definition) is 2. The van der Waals surface area contributed by atoms with Gasteiger partial charge in [-0.2, -0.15) is 0 Å². The number of hydrogen-bond donors (Lipinski definition) is 3. The van der Waals surface area contributed by atoms with Crippen LogP contribution in [0.15, 0.2) is 18.2 Å². The second-order valence-corrected chi connectivity index (χ2v) is 7.79. The molecule has 4 nitrogen and oxygen atoms in total. The van der Waals surface area contributed by atoms with E-state index in [1.165, 1.54) is 0 Å². The Morgan fingerprint density at radius 3 is 2.41 bits per heavy atom. The summed E-state index contributed by atoms with van der Waals surface area (Å²) in [6, 6.07) is 4.78. The summed E-state index contributed by atoms with van der Waals surface area (Å²) in [5, 5.41) is 8.74. The monoisotopic (exact) mass is 441 g/mol. The summed E-state index contributed by atoms with van der Waals surface area (Å²) in [5.74, 6) is -0.826. The lowest BCUT2D eigenvalue weighted by Crippen LogP contribution is -2.56. The molecule has 0 saturated heterocycles. The SMILES string of the molecule is O=C(CCl)NC(NC(=S)Nc1cc(Cl)ccc1Cl)C(Cl)(Cl)Cl. The molecule has 11 heteroatoms. The minimum absolute atomic E-state index is 0.0652. The Hall–Kier alpha value is 0.120. The van der Waals surface area contributed by atoms with Gasteiger partial charge in [0.25, 0.3) is 0 Å². The van der Waals surface area contributed by atoms with Crippen LogP contribution in [0.25, 0.3) is 0 Å². The maximum atomic E-state index is 11.3. The van der Waals surface area contributed by atoms with Crippen molar-refractivity contribution >= 4 is 98.5 Å². The Balaban J connectivity index is 2.79. The van der Waals surface area contributed by atoms with Gasteiger partial charge in [-0.15, -0.1) is 11.6 Å². The minimum Gasteiger partial charge on any atom is -0.339 e. The van der Waals surface area contributed by atoms with Crippen LogP contribution in [0.3, 0.4) is 0 Å². The van der Waals surface area contributed by atoms with Gasteiger partial charge in [0.1, 0.15) is 12.0 Å². The lowest BCUT2D eigenvalue weighted by molar-refractivity contribution is -0.119. The van der Waals surface area contributed by atoms with Crippen molar-refractivity contribution in [1.82, 2.24) is 10.6 Å². The summed E-state index contributed by atoms with van der Waals surface area (Å²) in [5.41, 5.74) is 0.457. The molecule has 122 valence electrons. The molecule has 0 saturated carbocycles. The van der Waals surface area contributed by atoms with Gasteiger partial charge in [-0.3, -0.25) is 4.79 Å². The number of anilines is 1. The van der Waals surface area contributed by atoms with Crippen LogP contribution in [-0.4, -0.2) is 26.9 Å². The van der Waals surface area contributed by atoms with E-state index in [1.54, 1.807) is 18.2 Å². The van der Waals surface area contributed by atoms with Crippen molar-refractivity contribution < 1.29 is 4.79 Å². The standard InChI is InChI=1S/C11H9Cl6N3OS/c12-4-8(21)19-9(11(15,16)17)20-10(22)18-7-3-5(13)1-2-6(7)14/h1-3,9H,4H2,(H,19,21)(H2,18,20,22). The molecule has 0 bridgehead atoms. The predicted octanol–water partition coefficient (Wildman–Crippen LogP) is 4.33. The first-order valence-electron chi connectivity index (χ1n) is 5.58. The molecule has 0 heterocycles. The molecule has 1 amide bonds. The van der Waals surface area contributed by atoms with E-state index in [0.29, 0.717) is 15.7 Å². The molecule has 0 radical (unpaired) electrons. The van der Waals surface area contributed by atoms with E-state index in [4.69, 9.17) is 81.8 Å². The quantitative estimate of drug-likeness (QED) is 0.368. The van der Waals surface area contributed by atoms with Gasteiger partial charge in [0, 0.05) is 5.02 Å². The molecule has 0 aliphatic heterocycles. The highest BCUT2D eigenvalue weighted by molar-refractivity contribution is 7.80. The number of carbonyl (C=O) groups is 1. The van der Waals surface area contributed by atoms with Crippen LogP contribution in [0, 0.1) is 0 Å². The normalized spacial score (nSPS) is 12.5. The third kappa shape index (κ3) is 6.71. The Morgan fingerprint density at radius 2 is 1.86 bits per heavy atom. The van der Waals surface area contributed by atoms with E-state index >= 15 is 0 Å². The summed E-state index contributed by atoms with van der Waals surface area (Å²) < 4.78 is -1.86. The maximum absolute atomic E-state index is 11.3.